The number of fused-ring (bicyclic) bond motifs is 6. The van der Waals surface area contributed by atoms with Gasteiger partial charge in [-0.2, -0.15) is 0 Å². The molecule has 4 nitrogen and oxygen atoms in total. The molecule has 0 saturated heterocycles. The van der Waals surface area contributed by atoms with E-state index in [-0.39, 0.29) is 0 Å². The maximum atomic E-state index is 5.18. The van der Waals surface area contributed by atoms with E-state index in [9.17, 15) is 0 Å². The second-order valence-corrected chi connectivity index (χ2v) is 13.1. The van der Waals surface area contributed by atoms with Crippen LogP contribution in [0.4, 0.5) is 0 Å². The van der Waals surface area contributed by atoms with Crippen molar-refractivity contribution in [2.45, 2.75) is 0 Å². The molecular weight excluding hydrogens is 621 g/mol. The van der Waals surface area contributed by atoms with Crippen LogP contribution in [0, 0.1) is 0 Å². The fraction of sp³-hybridized carbons (Fsp3) is 0. The number of hydrogen-bond donors (Lipinski definition) is 0. The topological polar surface area (TPSA) is 43.6 Å². The highest BCUT2D eigenvalue weighted by Gasteiger charge is 2.27. The van der Waals surface area contributed by atoms with Crippen LogP contribution in [0.5, 0.6) is 0 Å². The Morgan fingerprint density at radius 1 is 0.314 bits per heavy atom. The number of hydrogen-bond acceptors (Lipinski definition) is 3. The van der Waals surface area contributed by atoms with Crippen LogP contribution in [0.3, 0.4) is 0 Å². The zero-order chi connectivity index (χ0) is 33.5. The summed E-state index contributed by atoms with van der Waals surface area (Å²) in [6, 6.07) is 60.2. The van der Waals surface area contributed by atoms with E-state index in [2.05, 4.69) is 138 Å². The van der Waals surface area contributed by atoms with E-state index in [0.29, 0.717) is 17.5 Å². The van der Waals surface area contributed by atoms with Gasteiger partial charge in [-0.05, 0) is 51.2 Å². The Morgan fingerprint density at radius 3 is 1.49 bits per heavy atom. The van der Waals surface area contributed by atoms with Crippen molar-refractivity contribution in [3.63, 3.8) is 0 Å². The number of nitrogens with zero attached hydrogens (tertiary/aromatic N) is 4. The van der Waals surface area contributed by atoms with Crippen LogP contribution < -0.4 is 0 Å². The summed E-state index contributed by atoms with van der Waals surface area (Å²) >= 11 is 0. The number of rotatable bonds is 4. The molecule has 0 fully saturated rings. The fourth-order valence-electron chi connectivity index (χ4n) is 8.25. The smallest absolute Gasteiger partial charge is 0.166 e. The van der Waals surface area contributed by atoms with Crippen LogP contribution in [0.25, 0.3) is 105 Å². The number of aromatic nitrogens is 4. The van der Waals surface area contributed by atoms with Gasteiger partial charge in [0.2, 0.25) is 0 Å². The Morgan fingerprint density at radius 2 is 0.804 bits per heavy atom. The molecule has 0 radical (unpaired) electrons. The average Bonchev–Trinajstić information content (AvgIpc) is 3.50. The van der Waals surface area contributed by atoms with E-state index < -0.39 is 0 Å². The monoisotopic (exact) mass is 648 g/mol. The third-order valence-electron chi connectivity index (χ3n) is 10.4. The van der Waals surface area contributed by atoms with Crippen molar-refractivity contribution in [2.24, 2.45) is 0 Å². The summed E-state index contributed by atoms with van der Waals surface area (Å²) < 4.78 is 2.46. The van der Waals surface area contributed by atoms with Crippen LogP contribution in [0.2, 0.25) is 0 Å². The van der Waals surface area contributed by atoms with E-state index in [1.165, 1.54) is 60.1 Å². The second-order valence-electron chi connectivity index (χ2n) is 13.1. The lowest BCUT2D eigenvalue weighted by molar-refractivity contribution is 1.06. The minimum absolute atomic E-state index is 0.632. The van der Waals surface area contributed by atoms with Crippen molar-refractivity contribution >= 4 is 43.4 Å². The van der Waals surface area contributed by atoms with Crippen LogP contribution in [-0.4, -0.2) is 19.5 Å². The molecule has 1 aliphatic carbocycles. The van der Waals surface area contributed by atoms with E-state index in [1.807, 2.05) is 36.4 Å². The molecule has 0 unspecified atom stereocenters. The molecule has 0 N–H and O–H groups in total. The zero-order valence-electron chi connectivity index (χ0n) is 27.5. The first kappa shape index (κ1) is 28.0. The molecule has 11 rings (SSSR count). The molecule has 0 spiro atoms. The lowest BCUT2D eigenvalue weighted by atomic mass is 9.91. The molecule has 2 aromatic heterocycles. The van der Waals surface area contributed by atoms with E-state index in [0.717, 1.165) is 27.9 Å². The summed E-state index contributed by atoms with van der Waals surface area (Å²) in [7, 11) is 0. The molecule has 0 bridgehead atoms. The summed E-state index contributed by atoms with van der Waals surface area (Å²) in [6.45, 7) is 0. The van der Waals surface area contributed by atoms with Gasteiger partial charge in [-0.3, -0.25) is 0 Å². The molecular formula is C47H28N4. The van der Waals surface area contributed by atoms with Gasteiger partial charge in [0.25, 0.3) is 0 Å². The third kappa shape index (κ3) is 4.05. The number of benzene rings is 8. The van der Waals surface area contributed by atoms with Gasteiger partial charge in [-0.1, -0.05) is 152 Å². The molecule has 0 atom stereocenters. The molecule has 51 heavy (non-hydrogen) atoms. The van der Waals surface area contributed by atoms with Crippen molar-refractivity contribution in [3.8, 4) is 62.1 Å². The normalized spacial score (nSPS) is 11.9. The Balaban J connectivity index is 1.30. The van der Waals surface area contributed by atoms with E-state index in [1.54, 1.807) is 0 Å². The molecule has 2 heterocycles. The summed E-state index contributed by atoms with van der Waals surface area (Å²) in [6.07, 6.45) is 0. The average molecular weight is 649 g/mol. The van der Waals surface area contributed by atoms with Crippen molar-refractivity contribution < 1.29 is 0 Å². The van der Waals surface area contributed by atoms with Crippen LogP contribution in [0.15, 0.2) is 170 Å². The van der Waals surface area contributed by atoms with Gasteiger partial charge in [0.1, 0.15) is 0 Å². The maximum Gasteiger partial charge on any atom is 0.166 e. The van der Waals surface area contributed by atoms with Crippen molar-refractivity contribution in [2.75, 3.05) is 0 Å². The first-order valence-electron chi connectivity index (χ1n) is 17.3. The Bertz CT molecular complexity index is 2960. The molecule has 4 heteroatoms. The minimum Gasteiger partial charge on any atom is -0.308 e. The van der Waals surface area contributed by atoms with Crippen LogP contribution in [0.1, 0.15) is 0 Å². The summed E-state index contributed by atoms with van der Waals surface area (Å²) in [5.41, 5.74) is 11.2. The lowest BCUT2D eigenvalue weighted by Gasteiger charge is -2.17. The predicted octanol–water partition coefficient (Wildman–Crippen LogP) is 11.9. The molecule has 0 amide bonds. The van der Waals surface area contributed by atoms with Gasteiger partial charge < -0.3 is 4.57 Å². The van der Waals surface area contributed by atoms with Crippen LogP contribution in [-0.2, 0) is 0 Å². The Hall–Kier alpha value is -6.91. The quantitative estimate of drug-likeness (QED) is 0.178. The van der Waals surface area contributed by atoms with Gasteiger partial charge in [0, 0.05) is 38.2 Å². The highest BCUT2D eigenvalue weighted by atomic mass is 15.1. The molecule has 10 aromatic rings. The van der Waals surface area contributed by atoms with Gasteiger partial charge in [0.05, 0.1) is 16.7 Å². The molecule has 0 saturated carbocycles. The first-order chi connectivity index (χ1) is 25.3. The Labute approximate surface area is 294 Å². The largest absolute Gasteiger partial charge is 0.308 e. The van der Waals surface area contributed by atoms with E-state index >= 15 is 0 Å². The number of para-hydroxylation sites is 1. The van der Waals surface area contributed by atoms with Crippen molar-refractivity contribution in [3.05, 3.63) is 170 Å². The highest BCUT2D eigenvalue weighted by molar-refractivity contribution is 6.37. The molecule has 0 aliphatic heterocycles. The lowest BCUT2D eigenvalue weighted by Crippen LogP contribution is -2.04. The minimum atomic E-state index is 0.632. The van der Waals surface area contributed by atoms with E-state index in [4.69, 9.17) is 15.0 Å². The third-order valence-corrected chi connectivity index (χ3v) is 10.4. The summed E-state index contributed by atoms with van der Waals surface area (Å²) in [4.78, 5) is 15.3. The van der Waals surface area contributed by atoms with Gasteiger partial charge >= 0.3 is 0 Å². The summed E-state index contributed by atoms with van der Waals surface area (Å²) in [5, 5.41) is 7.56. The summed E-state index contributed by atoms with van der Waals surface area (Å²) in [5.74, 6) is 1.92. The standard InChI is InChI=1S/C47H28N4/c1-3-15-29(16-4-1)45-48-46(30-17-5-2-6-18-30)50-47(49-45)38-23-11-12-27-39(38)51-40-28-14-26-36-32-20-8-7-19-31(32)34-24-13-25-35-33-21-9-10-22-37(33)44(51)43(41(34)35)42(36)40/h1-28H. The first-order valence-corrected chi connectivity index (χ1v) is 17.3. The van der Waals surface area contributed by atoms with Gasteiger partial charge in [0.15, 0.2) is 17.5 Å². The second kappa shape index (κ2) is 10.8. The predicted molar refractivity (Wildman–Crippen MR) is 210 cm³/mol. The molecule has 8 aromatic carbocycles. The highest BCUT2D eigenvalue weighted by Crippen LogP contribution is 2.52. The van der Waals surface area contributed by atoms with Crippen molar-refractivity contribution in [1.29, 1.82) is 0 Å². The molecule has 1 aliphatic rings. The fourth-order valence-corrected chi connectivity index (χ4v) is 8.25. The van der Waals surface area contributed by atoms with Gasteiger partial charge in [-0.15, -0.1) is 0 Å². The van der Waals surface area contributed by atoms with Crippen molar-refractivity contribution in [1.82, 2.24) is 19.5 Å². The molecule has 236 valence electrons. The Kier molecular flexibility index (Phi) is 5.92. The SMILES string of the molecule is c1ccc(-c2nc(-c3ccccc3)nc(-c3ccccc3-n3c4cccc5c4c4c6c(cccc6c6ccccc6c43)-c3ccccc3-5)n2)cc1. The van der Waals surface area contributed by atoms with Gasteiger partial charge in [-0.25, -0.2) is 15.0 Å². The van der Waals surface area contributed by atoms with Crippen LogP contribution >= 0.6 is 0 Å². The maximum absolute atomic E-state index is 5.18. The zero-order valence-corrected chi connectivity index (χ0v) is 27.5.